The molecule has 0 spiro atoms. The number of nitro groups is 1. The molecule has 0 saturated carbocycles. The van der Waals surface area contributed by atoms with Gasteiger partial charge in [-0.15, -0.1) is 0 Å². The van der Waals surface area contributed by atoms with Crippen molar-refractivity contribution in [2.75, 3.05) is 5.32 Å². The second-order valence-electron chi connectivity index (χ2n) is 6.87. The van der Waals surface area contributed by atoms with Crippen molar-refractivity contribution in [2.24, 2.45) is 14.1 Å². The monoisotopic (exact) mass is 443 g/mol. The summed E-state index contributed by atoms with van der Waals surface area (Å²) in [5, 5.41) is 14.0. The third-order valence-corrected chi connectivity index (χ3v) is 5.94. The number of fused-ring (bicyclic) bond motifs is 2. The number of nitrogens with one attached hydrogen (secondary N) is 1. The molecule has 31 heavy (non-hydrogen) atoms. The first-order chi connectivity index (χ1) is 14.7. The number of amides is 1. The molecule has 160 valence electrons. The van der Waals surface area contributed by atoms with E-state index in [9.17, 15) is 24.5 Å². The summed E-state index contributed by atoms with van der Waals surface area (Å²) < 4.78 is 4.23. The van der Waals surface area contributed by atoms with E-state index in [-0.39, 0.29) is 22.0 Å². The lowest BCUT2D eigenvalue weighted by atomic mass is 10.2. The summed E-state index contributed by atoms with van der Waals surface area (Å²) in [5.41, 5.74) is -0.265. The Morgan fingerprint density at radius 1 is 1.29 bits per heavy atom. The average Bonchev–Trinajstić information content (AvgIpc) is 3.34. The van der Waals surface area contributed by atoms with Crippen molar-refractivity contribution in [1.29, 1.82) is 0 Å². The number of nitro benzene ring substituents is 1. The minimum absolute atomic E-state index is 0.0631. The summed E-state index contributed by atoms with van der Waals surface area (Å²) in [6.07, 6.45) is 1.71. The first-order valence-electron chi connectivity index (χ1n) is 9.21. The van der Waals surface area contributed by atoms with Crippen LogP contribution in [0.5, 0.6) is 0 Å². The fraction of sp³-hybridized carbons (Fsp3) is 0.278. The Morgan fingerprint density at radius 3 is 2.71 bits per heavy atom. The Hall–Kier alpha value is -3.87. The number of benzene rings is 1. The Morgan fingerprint density at radius 2 is 2.03 bits per heavy atom. The van der Waals surface area contributed by atoms with Gasteiger partial charge in [-0.3, -0.25) is 28.8 Å². The first-order valence-corrected chi connectivity index (χ1v) is 10.0. The Labute approximate surface area is 177 Å². The van der Waals surface area contributed by atoms with Gasteiger partial charge in [-0.1, -0.05) is 18.3 Å². The maximum atomic E-state index is 13.0. The van der Waals surface area contributed by atoms with E-state index in [0.29, 0.717) is 16.6 Å². The van der Waals surface area contributed by atoms with Crippen LogP contribution in [-0.2, 0) is 18.9 Å². The lowest BCUT2D eigenvalue weighted by molar-refractivity contribution is -0.384. The second-order valence-corrected chi connectivity index (χ2v) is 7.90. The summed E-state index contributed by atoms with van der Waals surface area (Å²) in [5.74, 6) is -0.425. The second kappa shape index (κ2) is 7.43. The van der Waals surface area contributed by atoms with Crippen molar-refractivity contribution in [2.45, 2.75) is 19.4 Å². The molecule has 3 heterocycles. The number of hydrogen-bond acceptors (Lipinski definition) is 8. The normalized spacial score (nSPS) is 12.4. The van der Waals surface area contributed by atoms with Crippen LogP contribution in [-0.4, -0.2) is 34.5 Å². The van der Waals surface area contributed by atoms with Crippen LogP contribution in [0.3, 0.4) is 0 Å². The van der Waals surface area contributed by atoms with Gasteiger partial charge < -0.3 is 9.88 Å². The number of thiazole rings is 1. The zero-order chi connectivity index (χ0) is 22.4. The molecule has 1 amide bonds. The van der Waals surface area contributed by atoms with Gasteiger partial charge in [0.2, 0.25) is 5.91 Å². The molecule has 13 heteroatoms. The minimum atomic E-state index is -0.781. The number of aromatic nitrogens is 5. The van der Waals surface area contributed by atoms with Gasteiger partial charge in [0.05, 0.1) is 21.5 Å². The molecule has 12 nitrogen and oxygen atoms in total. The van der Waals surface area contributed by atoms with Gasteiger partial charge in [0.25, 0.3) is 11.2 Å². The van der Waals surface area contributed by atoms with E-state index >= 15 is 0 Å². The zero-order valence-electron chi connectivity index (χ0n) is 16.7. The van der Waals surface area contributed by atoms with Crippen LogP contribution in [0.2, 0.25) is 0 Å². The molecule has 1 aromatic carbocycles. The summed E-state index contributed by atoms with van der Waals surface area (Å²) in [4.78, 5) is 56.7. The lowest BCUT2D eigenvalue weighted by Gasteiger charge is -2.16. The molecule has 0 aliphatic heterocycles. The molecule has 0 saturated heterocycles. The number of aryl methyl sites for hydroxylation is 1. The topological polar surface area (TPSA) is 147 Å². The van der Waals surface area contributed by atoms with E-state index in [1.807, 2.05) is 0 Å². The number of carbonyl (C=O) groups excluding carboxylic acids is 1. The largest absolute Gasteiger partial charge is 0.332 e. The van der Waals surface area contributed by atoms with Crippen LogP contribution >= 0.6 is 11.3 Å². The van der Waals surface area contributed by atoms with Gasteiger partial charge in [-0.25, -0.2) is 14.8 Å². The third kappa shape index (κ3) is 3.28. The quantitative estimate of drug-likeness (QED) is 0.363. The molecule has 3 aromatic heterocycles. The highest BCUT2D eigenvalue weighted by Gasteiger charge is 2.25. The van der Waals surface area contributed by atoms with Crippen LogP contribution in [0.4, 0.5) is 10.8 Å². The van der Waals surface area contributed by atoms with Gasteiger partial charge in [0.15, 0.2) is 16.3 Å². The van der Waals surface area contributed by atoms with Gasteiger partial charge in [-0.2, -0.15) is 0 Å². The van der Waals surface area contributed by atoms with E-state index < -0.39 is 28.1 Å². The van der Waals surface area contributed by atoms with E-state index in [0.717, 1.165) is 15.9 Å². The summed E-state index contributed by atoms with van der Waals surface area (Å²) in [6, 6.07) is 3.48. The smallest absolute Gasteiger partial charge is 0.312 e. The minimum Gasteiger partial charge on any atom is -0.312 e. The van der Waals surface area contributed by atoms with Crippen molar-refractivity contribution in [1.82, 2.24) is 23.7 Å². The van der Waals surface area contributed by atoms with E-state index in [4.69, 9.17) is 0 Å². The number of rotatable bonds is 5. The zero-order valence-corrected chi connectivity index (χ0v) is 17.5. The van der Waals surface area contributed by atoms with Gasteiger partial charge in [-0.05, 0) is 12.5 Å². The number of imidazole rings is 1. The average molecular weight is 443 g/mol. The predicted octanol–water partition coefficient (Wildman–Crippen LogP) is 1.54. The van der Waals surface area contributed by atoms with Crippen LogP contribution in [0, 0.1) is 10.1 Å². The highest BCUT2D eigenvalue weighted by atomic mass is 32.1. The number of non-ortho nitro benzene ring substituents is 1. The van der Waals surface area contributed by atoms with Crippen molar-refractivity contribution in [3.8, 4) is 0 Å². The first kappa shape index (κ1) is 20.4. The molecular formula is C18H17N7O5S. The van der Waals surface area contributed by atoms with Gasteiger partial charge >= 0.3 is 5.69 Å². The molecular weight excluding hydrogens is 426 g/mol. The summed E-state index contributed by atoms with van der Waals surface area (Å²) in [6.45, 7) is 1.78. The summed E-state index contributed by atoms with van der Waals surface area (Å²) >= 11 is 1.11. The fourth-order valence-electron chi connectivity index (χ4n) is 3.38. The third-order valence-electron chi connectivity index (χ3n) is 5.01. The standard InChI is InChI=1S/C18H17N7O5S/c1-4-11(24-8-19-14-13(24)16(27)23(3)18(28)22(14)2)15(26)21-17-20-10-6-5-9(25(29)30)7-12(10)31-17/h5-8,11H,4H2,1-3H3,(H,20,21,26). The van der Waals surface area contributed by atoms with Crippen molar-refractivity contribution >= 4 is 49.4 Å². The van der Waals surface area contributed by atoms with Crippen molar-refractivity contribution in [3.63, 3.8) is 0 Å². The van der Waals surface area contributed by atoms with Gasteiger partial charge in [0.1, 0.15) is 6.04 Å². The van der Waals surface area contributed by atoms with E-state index in [1.54, 1.807) is 6.92 Å². The Kier molecular flexibility index (Phi) is 4.89. The van der Waals surface area contributed by atoms with Crippen LogP contribution in [0.1, 0.15) is 19.4 Å². The van der Waals surface area contributed by atoms with Gasteiger partial charge in [0, 0.05) is 26.2 Å². The molecule has 1 unspecified atom stereocenters. The maximum absolute atomic E-state index is 13.0. The lowest BCUT2D eigenvalue weighted by Crippen LogP contribution is -2.38. The highest BCUT2D eigenvalue weighted by molar-refractivity contribution is 7.22. The van der Waals surface area contributed by atoms with Crippen LogP contribution in [0.25, 0.3) is 21.4 Å². The molecule has 0 bridgehead atoms. The molecule has 0 fully saturated rings. The number of carbonyl (C=O) groups is 1. The Balaban J connectivity index is 1.71. The number of nitrogens with zero attached hydrogens (tertiary/aromatic N) is 6. The van der Waals surface area contributed by atoms with Crippen LogP contribution in [0.15, 0.2) is 34.1 Å². The number of anilines is 1. The van der Waals surface area contributed by atoms with E-state index in [1.165, 1.54) is 47.8 Å². The molecule has 0 aliphatic carbocycles. The molecule has 1 N–H and O–H groups in total. The molecule has 4 aromatic rings. The predicted molar refractivity (Wildman–Crippen MR) is 114 cm³/mol. The number of hydrogen-bond donors (Lipinski definition) is 1. The molecule has 0 aliphatic rings. The van der Waals surface area contributed by atoms with Crippen LogP contribution < -0.4 is 16.6 Å². The summed E-state index contributed by atoms with van der Waals surface area (Å²) in [7, 11) is 2.87. The highest BCUT2D eigenvalue weighted by Crippen LogP contribution is 2.30. The van der Waals surface area contributed by atoms with Crippen molar-refractivity contribution in [3.05, 3.63) is 55.5 Å². The maximum Gasteiger partial charge on any atom is 0.332 e. The molecule has 0 radical (unpaired) electrons. The molecule has 1 atom stereocenters. The Bertz CT molecular complexity index is 1480. The van der Waals surface area contributed by atoms with Crippen molar-refractivity contribution < 1.29 is 9.72 Å². The fourth-order valence-corrected chi connectivity index (χ4v) is 4.28. The van der Waals surface area contributed by atoms with E-state index in [2.05, 4.69) is 15.3 Å². The molecule has 4 rings (SSSR count). The SMILES string of the molecule is CCC(C(=O)Nc1nc2ccc([N+](=O)[O-])cc2s1)n1cnc2c1c(=O)n(C)c(=O)n2C.